The molecule has 3 aromatic rings. The SMILES string of the molecule is Clc1cccc(-n2nnnc2NCc2cnc3c(c2)CCCC3)c1Cl. The zero-order valence-electron chi connectivity index (χ0n) is 13.4. The van der Waals surface area contributed by atoms with Gasteiger partial charge in [-0.05, 0) is 59.4 Å². The van der Waals surface area contributed by atoms with E-state index in [1.54, 1.807) is 10.7 Å². The fourth-order valence-corrected chi connectivity index (χ4v) is 3.41. The number of benzene rings is 1. The van der Waals surface area contributed by atoms with Crippen molar-refractivity contribution in [3.05, 3.63) is 57.3 Å². The van der Waals surface area contributed by atoms with Gasteiger partial charge in [0.1, 0.15) is 0 Å². The second kappa shape index (κ2) is 6.98. The molecular formula is C17H16Cl2N6. The number of hydrogen-bond donors (Lipinski definition) is 1. The maximum atomic E-state index is 6.27. The summed E-state index contributed by atoms with van der Waals surface area (Å²) < 4.78 is 1.54. The quantitative estimate of drug-likeness (QED) is 0.750. The molecule has 0 aliphatic heterocycles. The number of nitrogens with zero attached hydrogens (tertiary/aromatic N) is 5. The molecule has 1 N–H and O–H groups in total. The van der Waals surface area contributed by atoms with E-state index in [-0.39, 0.29) is 0 Å². The number of tetrazole rings is 1. The van der Waals surface area contributed by atoms with Crippen LogP contribution in [0.1, 0.15) is 29.7 Å². The first kappa shape index (κ1) is 16.3. The van der Waals surface area contributed by atoms with Crippen LogP contribution >= 0.6 is 23.2 Å². The number of nitrogens with one attached hydrogen (secondary N) is 1. The Morgan fingerprint density at radius 3 is 2.96 bits per heavy atom. The van der Waals surface area contributed by atoms with Gasteiger partial charge >= 0.3 is 0 Å². The fourth-order valence-electron chi connectivity index (χ4n) is 3.03. The molecule has 0 unspecified atom stereocenters. The summed E-state index contributed by atoms with van der Waals surface area (Å²) >= 11 is 12.3. The van der Waals surface area contributed by atoms with Crippen molar-refractivity contribution in [2.45, 2.75) is 32.2 Å². The minimum absolute atomic E-state index is 0.412. The van der Waals surface area contributed by atoms with E-state index >= 15 is 0 Å². The topological polar surface area (TPSA) is 68.5 Å². The summed E-state index contributed by atoms with van der Waals surface area (Å²) in [5, 5.41) is 15.9. The van der Waals surface area contributed by atoms with Crippen LogP contribution in [0.3, 0.4) is 0 Å². The Labute approximate surface area is 155 Å². The van der Waals surface area contributed by atoms with Crippen molar-refractivity contribution in [2.24, 2.45) is 0 Å². The second-order valence-corrected chi connectivity index (χ2v) is 6.78. The maximum Gasteiger partial charge on any atom is 0.248 e. The van der Waals surface area contributed by atoms with E-state index in [2.05, 4.69) is 31.9 Å². The van der Waals surface area contributed by atoms with Crippen LogP contribution in [0.25, 0.3) is 5.69 Å². The molecule has 6 nitrogen and oxygen atoms in total. The summed E-state index contributed by atoms with van der Waals surface area (Å²) in [7, 11) is 0. The van der Waals surface area contributed by atoms with E-state index in [1.807, 2.05) is 18.3 Å². The first-order valence-corrected chi connectivity index (χ1v) is 8.91. The number of anilines is 1. The Kier molecular flexibility index (Phi) is 4.55. The lowest BCUT2D eigenvalue weighted by Gasteiger charge is -2.15. The van der Waals surface area contributed by atoms with Gasteiger partial charge in [-0.3, -0.25) is 4.98 Å². The largest absolute Gasteiger partial charge is 0.349 e. The minimum Gasteiger partial charge on any atom is -0.349 e. The third-order valence-corrected chi connectivity index (χ3v) is 5.11. The smallest absolute Gasteiger partial charge is 0.248 e. The van der Waals surface area contributed by atoms with Crippen molar-refractivity contribution in [2.75, 3.05) is 5.32 Å². The first-order valence-electron chi connectivity index (χ1n) is 8.15. The van der Waals surface area contributed by atoms with Crippen LogP contribution in [-0.2, 0) is 19.4 Å². The van der Waals surface area contributed by atoms with Crippen LogP contribution < -0.4 is 5.32 Å². The zero-order chi connectivity index (χ0) is 17.2. The first-order chi connectivity index (χ1) is 12.2. The zero-order valence-corrected chi connectivity index (χ0v) is 14.9. The summed E-state index contributed by atoms with van der Waals surface area (Å²) in [6.07, 6.45) is 6.56. The summed E-state index contributed by atoms with van der Waals surface area (Å²) in [5.74, 6) is 0.502. The van der Waals surface area contributed by atoms with Gasteiger partial charge in [0.2, 0.25) is 5.95 Å². The molecule has 4 rings (SSSR count). The average molecular weight is 375 g/mol. The summed E-state index contributed by atoms with van der Waals surface area (Å²) in [5.41, 5.74) is 4.31. The van der Waals surface area contributed by atoms with E-state index in [0.29, 0.717) is 28.2 Å². The van der Waals surface area contributed by atoms with Crippen LogP contribution in [0.2, 0.25) is 10.0 Å². The second-order valence-electron chi connectivity index (χ2n) is 6.00. The highest BCUT2D eigenvalue weighted by atomic mass is 35.5. The summed E-state index contributed by atoms with van der Waals surface area (Å²) in [4.78, 5) is 4.59. The van der Waals surface area contributed by atoms with E-state index in [1.165, 1.54) is 24.1 Å². The van der Waals surface area contributed by atoms with Gasteiger partial charge in [0.15, 0.2) is 0 Å². The molecule has 8 heteroatoms. The lowest BCUT2D eigenvalue weighted by atomic mass is 9.95. The molecule has 0 fully saturated rings. The van der Waals surface area contributed by atoms with Gasteiger partial charge in [0, 0.05) is 18.4 Å². The van der Waals surface area contributed by atoms with E-state index in [0.717, 1.165) is 18.4 Å². The number of fused-ring (bicyclic) bond motifs is 1. The van der Waals surface area contributed by atoms with Gasteiger partial charge < -0.3 is 5.32 Å². The molecule has 0 radical (unpaired) electrons. The van der Waals surface area contributed by atoms with Gasteiger partial charge in [0.25, 0.3) is 0 Å². The Balaban J connectivity index is 1.55. The number of halogens is 2. The third kappa shape index (κ3) is 3.32. The molecule has 0 spiro atoms. The predicted octanol–water partition coefficient (Wildman–Crippen LogP) is 3.86. The molecule has 0 saturated heterocycles. The molecule has 2 aromatic heterocycles. The lowest BCUT2D eigenvalue weighted by Crippen LogP contribution is -2.10. The van der Waals surface area contributed by atoms with Crippen LogP contribution in [0, 0.1) is 0 Å². The molecule has 2 heterocycles. The molecule has 0 saturated carbocycles. The number of hydrogen-bond acceptors (Lipinski definition) is 5. The Hall–Kier alpha value is -2.18. The minimum atomic E-state index is 0.412. The maximum absolute atomic E-state index is 6.27. The van der Waals surface area contributed by atoms with Crippen molar-refractivity contribution in [1.82, 2.24) is 25.2 Å². The van der Waals surface area contributed by atoms with Crippen LogP contribution in [-0.4, -0.2) is 25.2 Å². The van der Waals surface area contributed by atoms with Crippen molar-refractivity contribution < 1.29 is 0 Å². The predicted molar refractivity (Wildman–Crippen MR) is 97.4 cm³/mol. The van der Waals surface area contributed by atoms with Crippen LogP contribution in [0.4, 0.5) is 5.95 Å². The van der Waals surface area contributed by atoms with Crippen LogP contribution in [0.5, 0.6) is 0 Å². The number of rotatable bonds is 4. The van der Waals surface area contributed by atoms with E-state index in [9.17, 15) is 0 Å². The molecule has 0 atom stereocenters. The highest BCUT2D eigenvalue weighted by molar-refractivity contribution is 6.43. The summed E-state index contributed by atoms with van der Waals surface area (Å²) in [6, 6.07) is 7.57. The van der Waals surface area contributed by atoms with Gasteiger partial charge in [0.05, 0.1) is 15.7 Å². The summed E-state index contributed by atoms with van der Waals surface area (Å²) in [6.45, 7) is 0.582. The average Bonchev–Trinajstić information content (AvgIpc) is 3.10. The molecule has 1 aromatic carbocycles. The molecule has 1 aliphatic carbocycles. The van der Waals surface area contributed by atoms with Gasteiger partial charge in [-0.15, -0.1) is 0 Å². The Morgan fingerprint density at radius 2 is 2.04 bits per heavy atom. The lowest BCUT2D eigenvalue weighted by molar-refractivity contribution is 0.666. The van der Waals surface area contributed by atoms with Crippen molar-refractivity contribution in [3.63, 3.8) is 0 Å². The van der Waals surface area contributed by atoms with Gasteiger partial charge in [-0.2, -0.15) is 4.68 Å². The molecule has 1 aliphatic rings. The van der Waals surface area contributed by atoms with Crippen molar-refractivity contribution >= 4 is 29.2 Å². The molecule has 0 bridgehead atoms. The molecular weight excluding hydrogens is 359 g/mol. The van der Waals surface area contributed by atoms with E-state index in [4.69, 9.17) is 23.2 Å². The monoisotopic (exact) mass is 374 g/mol. The Bertz CT molecular complexity index is 908. The molecule has 0 amide bonds. The molecule has 128 valence electrons. The fraction of sp³-hybridized carbons (Fsp3) is 0.294. The highest BCUT2D eigenvalue weighted by Crippen LogP contribution is 2.29. The number of aromatic nitrogens is 5. The van der Waals surface area contributed by atoms with Crippen molar-refractivity contribution in [1.29, 1.82) is 0 Å². The van der Waals surface area contributed by atoms with E-state index < -0.39 is 0 Å². The third-order valence-electron chi connectivity index (χ3n) is 4.31. The normalized spacial score (nSPS) is 13.5. The number of pyridine rings is 1. The van der Waals surface area contributed by atoms with Crippen LogP contribution in [0.15, 0.2) is 30.5 Å². The van der Waals surface area contributed by atoms with Crippen molar-refractivity contribution in [3.8, 4) is 5.69 Å². The molecule has 25 heavy (non-hydrogen) atoms. The highest BCUT2D eigenvalue weighted by Gasteiger charge is 2.14. The standard InChI is InChI=1S/C17H16Cl2N6/c18-13-5-3-7-15(16(13)19)25-17(22-23-24-25)21-10-11-8-12-4-1-2-6-14(12)20-9-11/h3,5,7-9H,1-2,4,6,10H2,(H,21,22,24). The number of aryl methyl sites for hydroxylation is 2. The van der Waals surface area contributed by atoms with Gasteiger partial charge in [-0.1, -0.05) is 40.4 Å². The Morgan fingerprint density at radius 1 is 1.16 bits per heavy atom. The van der Waals surface area contributed by atoms with Gasteiger partial charge in [-0.25, -0.2) is 0 Å².